The first-order valence-corrected chi connectivity index (χ1v) is 7.30. The summed E-state index contributed by atoms with van der Waals surface area (Å²) in [6.45, 7) is 4.38. The molecule has 1 N–H and O–H groups in total. The van der Waals surface area contributed by atoms with Crippen molar-refractivity contribution in [1.29, 1.82) is 0 Å². The lowest BCUT2D eigenvalue weighted by Gasteiger charge is -2.31. The number of benzene rings is 1. The topological polar surface area (TPSA) is 15.3 Å². The lowest BCUT2D eigenvalue weighted by molar-refractivity contribution is 0.613. The molecule has 1 atom stereocenters. The molecule has 1 heterocycles. The quantitative estimate of drug-likeness (QED) is 0.895. The summed E-state index contributed by atoms with van der Waals surface area (Å²) < 4.78 is 0. The van der Waals surface area contributed by atoms with Gasteiger partial charge in [0.05, 0.1) is 0 Å². The van der Waals surface area contributed by atoms with Gasteiger partial charge >= 0.3 is 0 Å². The molecule has 0 saturated carbocycles. The third kappa shape index (κ3) is 3.18. The van der Waals surface area contributed by atoms with E-state index >= 15 is 0 Å². The highest BCUT2D eigenvalue weighted by molar-refractivity contribution is 6.30. The summed E-state index contributed by atoms with van der Waals surface area (Å²) in [5.74, 6) is 0. The Labute approximate surface area is 115 Å². The van der Waals surface area contributed by atoms with E-state index < -0.39 is 0 Å². The molecule has 1 aliphatic heterocycles. The van der Waals surface area contributed by atoms with Gasteiger partial charge in [-0.05, 0) is 44.5 Å². The van der Waals surface area contributed by atoms with Gasteiger partial charge in [0.15, 0.2) is 0 Å². The Bertz CT molecular complexity index is 392. The summed E-state index contributed by atoms with van der Waals surface area (Å²) in [6, 6.07) is 6.86. The first-order valence-electron chi connectivity index (χ1n) is 6.92. The van der Waals surface area contributed by atoms with Crippen LogP contribution < -0.4 is 10.2 Å². The van der Waals surface area contributed by atoms with Crippen molar-refractivity contribution in [2.24, 2.45) is 0 Å². The zero-order valence-electron chi connectivity index (χ0n) is 11.4. The van der Waals surface area contributed by atoms with Crippen LogP contribution in [0.2, 0.25) is 5.02 Å². The first kappa shape index (κ1) is 13.7. The van der Waals surface area contributed by atoms with Gasteiger partial charge in [-0.3, -0.25) is 0 Å². The van der Waals surface area contributed by atoms with E-state index in [2.05, 4.69) is 29.3 Å². The van der Waals surface area contributed by atoms with Gasteiger partial charge in [0.25, 0.3) is 0 Å². The monoisotopic (exact) mass is 266 g/mol. The van der Waals surface area contributed by atoms with E-state index in [1.54, 1.807) is 0 Å². The molecule has 3 heteroatoms. The Kier molecular flexibility index (Phi) is 4.90. The fourth-order valence-electron chi connectivity index (χ4n) is 2.78. The highest BCUT2D eigenvalue weighted by Gasteiger charge is 2.19. The van der Waals surface area contributed by atoms with Crippen molar-refractivity contribution in [1.82, 2.24) is 5.32 Å². The standard InChI is InChI=1S/C15H23ClN2/c1-12-6-4-3-5-9-18(12)15-10-14(16)8-7-13(15)11-17-2/h7-8,10,12,17H,3-6,9,11H2,1-2H3. The number of nitrogens with zero attached hydrogens (tertiary/aromatic N) is 1. The molecule has 1 fully saturated rings. The fourth-order valence-corrected chi connectivity index (χ4v) is 2.94. The van der Waals surface area contributed by atoms with E-state index in [1.165, 1.54) is 36.9 Å². The SMILES string of the molecule is CNCc1ccc(Cl)cc1N1CCCCCC1C. The van der Waals surface area contributed by atoms with E-state index in [4.69, 9.17) is 11.6 Å². The molecule has 1 saturated heterocycles. The van der Waals surface area contributed by atoms with Gasteiger partial charge in [-0.2, -0.15) is 0 Å². The minimum Gasteiger partial charge on any atom is -0.369 e. The smallest absolute Gasteiger partial charge is 0.0429 e. The van der Waals surface area contributed by atoms with E-state index in [9.17, 15) is 0 Å². The second-order valence-corrected chi connectivity index (χ2v) is 5.63. The van der Waals surface area contributed by atoms with Crippen LogP contribution in [-0.2, 0) is 6.54 Å². The predicted molar refractivity (Wildman–Crippen MR) is 79.5 cm³/mol. The van der Waals surface area contributed by atoms with Gasteiger partial charge in [0.1, 0.15) is 0 Å². The van der Waals surface area contributed by atoms with Crippen LogP contribution in [0.3, 0.4) is 0 Å². The molecule has 1 aromatic rings. The van der Waals surface area contributed by atoms with Gasteiger partial charge in [-0.1, -0.05) is 30.5 Å². The molecular formula is C15H23ClN2. The van der Waals surface area contributed by atoms with Gasteiger partial charge < -0.3 is 10.2 Å². The lowest BCUT2D eigenvalue weighted by atomic mass is 10.1. The number of hydrogen-bond acceptors (Lipinski definition) is 2. The zero-order valence-corrected chi connectivity index (χ0v) is 12.1. The van der Waals surface area contributed by atoms with Gasteiger partial charge in [-0.15, -0.1) is 0 Å². The predicted octanol–water partition coefficient (Wildman–Crippen LogP) is 3.83. The first-order chi connectivity index (χ1) is 8.72. The van der Waals surface area contributed by atoms with Crippen molar-refractivity contribution in [2.75, 3.05) is 18.5 Å². The average Bonchev–Trinajstić information content (AvgIpc) is 2.56. The molecule has 0 radical (unpaired) electrons. The molecule has 0 spiro atoms. The summed E-state index contributed by atoms with van der Waals surface area (Å²) in [7, 11) is 1.99. The Morgan fingerprint density at radius 2 is 2.17 bits per heavy atom. The van der Waals surface area contributed by atoms with Gasteiger partial charge in [0, 0.05) is 29.8 Å². The third-order valence-electron chi connectivity index (χ3n) is 3.78. The Hall–Kier alpha value is -0.730. The molecule has 2 nitrogen and oxygen atoms in total. The molecular weight excluding hydrogens is 244 g/mol. The summed E-state index contributed by atoms with van der Waals surface area (Å²) in [6.07, 6.45) is 5.27. The van der Waals surface area contributed by atoms with Crippen LogP contribution in [-0.4, -0.2) is 19.6 Å². The van der Waals surface area contributed by atoms with E-state index in [1.807, 2.05) is 13.1 Å². The molecule has 0 bridgehead atoms. The Balaban J connectivity index is 2.31. The lowest BCUT2D eigenvalue weighted by Crippen LogP contribution is -2.33. The largest absolute Gasteiger partial charge is 0.369 e. The van der Waals surface area contributed by atoms with Crippen LogP contribution in [0.4, 0.5) is 5.69 Å². The summed E-state index contributed by atoms with van der Waals surface area (Å²) in [5.41, 5.74) is 2.65. The summed E-state index contributed by atoms with van der Waals surface area (Å²) in [5, 5.41) is 4.08. The van der Waals surface area contributed by atoms with Crippen LogP contribution in [0.25, 0.3) is 0 Å². The minimum atomic E-state index is 0.613. The highest BCUT2D eigenvalue weighted by atomic mass is 35.5. The normalized spacial score (nSPS) is 20.8. The maximum Gasteiger partial charge on any atom is 0.0429 e. The van der Waals surface area contributed by atoms with Crippen molar-refractivity contribution in [3.63, 3.8) is 0 Å². The number of nitrogens with one attached hydrogen (secondary N) is 1. The van der Waals surface area contributed by atoms with Crippen molar-refractivity contribution < 1.29 is 0 Å². The van der Waals surface area contributed by atoms with Crippen molar-refractivity contribution in [3.8, 4) is 0 Å². The molecule has 2 rings (SSSR count). The van der Waals surface area contributed by atoms with Crippen molar-refractivity contribution in [3.05, 3.63) is 28.8 Å². The molecule has 1 aromatic carbocycles. The van der Waals surface area contributed by atoms with E-state index in [0.717, 1.165) is 18.1 Å². The fraction of sp³-hybridized carbons (Fsp3) is 0.600. The maximum atomic E-state index is 6.18. The van der Waals surface area contributed by atoms with Gasteiger partial charge in [-0.25, -0.2) is 0 Å². The molecule has 18 heavy (non-hydrogen) atoms. The van der Waals surface area contributed by atoms with Crippen LogP contribution in [0.15, 0.2) is 18.2 Å². The number of halogens is 1. The van der Waals surface area contributed by atoms with E-state index in [0.29, 0.717) is 6.04 Å². The summed E-state index contributed by atoms with van der Waals surface area (Å²) >= 11 is 6.18. The van der Waals surface area contributed by atoms with Crippen LogP contribution in [0, 0.1) is 0 Å². The van der Waals surface area contributed by atoms with Crippen LogP contribution in [0.5, 0.6) is 0 Å². The second kappa shape index (κ2) is 6.44. The Morgan fingerprint density at radius 3 is 2.94 bits per heavy atom. The third-order valence-corrected chi connectivity index (χ3v) is 4.01. The molecule has 0 amide bonds. The van der Waals surface area contributed by atoms with Crippen LogP contribution in [0.1, 0.15) is 38.2 Å². The minimum absolute atomic E-state index is 0.613. The zero-order chi connectivity index (χ0) is 13.0. The number of rotatable bonds is 3. The molecule has 1 aliphatic rings. The molecule has 0 aliphatic carbocycles. The molecule has 100 valence electrons. The average molecular weight is 267 g/mol. The van der Waals surface area contributed by atoms with Crippen molar-refractivity contribution >= 4 is 17.3 Å². The van der Waals surface area contributed by atoms with Crippen molar-refractivity contribution in [2.45, 2.75) is 45.2 Å². The number of hydrogen-bond donors (Lipinski definition) is 1. The number of anilines is 1. The van der Waals surface area contributed by atoms with E-state index in [-0.39, 0.29) is 0 Å². The van der Waals surface area contributed by atoms with Crippen LogP contribution >= 0.6 is 11.6 Å². The maximum absolute atomic E-state index is 6.18. The molecule has 1 unspecified atom stereocenters. The summed E-state index contributed by atoms with van der Waals surface area (Å²) in [4.78, 5) is 2.53. The highest BCUT2D eigenvalue weighted by Crippen LogP contribution is 2.29. The Morgan fingerprint density at radius 1 is 1.33 bits per heavy atom. The molecule has 0 aromatic heterocycles. The van der Waals surface area contributed by atoms with Gasteiger partial charge in [0.2, 0.25) is 0 Å². The second-order valence-electron chi connectivity index (χ2n) is 5.20.